The first-order chi connectivity index (χ1) is 5.24. The van der Waals surface area contributed by atoms with Crippen LogP contribution in [0, 0.1) is 5.92 Å². The van der Waals surface area contributed by atoms with Crippen LogP contribution in [0.3, 0.4) is 0 Å². The molecule has 0 unspecified atom stereocenters. The molecule has 11 heavy (non-hydrogen) atoms. The molecule has 0 aromatic rings. The van der Waals surface area contributed by atoms with Crippen LogP contribution in [0.15, 0.2) is 0 Å². The number of hydrogen-bond donors (Lipinski definition) is 3. The lowest BCUT2D eigenvalue weighted by molar-refractivity contribution is 0.242. The first-order valence-electron chi connectivity index (χ1n) is 4.00. The summed E-state index contributed by atoms with van der Waals surface area (Å²) in [7, 11) is 0. The van der Waals surface area contributed by atoms with Gasteiger partial charge in [-0.1, -0.05) is 6.42 Å². The molecule has 1 fully saturated rings. The van der Waals surface area contributed by atoms with Gasteiger partial charge in [0.15, 0.2) is 0 Å². The van der Waals surface area contributed by atoms with Gasteiger partial charge in [-0.25, -0.2) is 4.79 Å². The van der Waals surface area contributed by atoms with E-state index in [9.17, 15) is 4.79 Å². The molecular weight excluding hydrogens is 142 g/mol. The van der Waals surface area contributed by atoms with Gasteiger partial charge in [-0.3, -0.25) is 0 Å². The van der Waals surface area contributed by atoms with Crippen molar-refractivity contribution in [2.45, 2.75) is 25.3 Å². The highest BCUT2D eigenvalue weighted by atomic mass is 16.2. The quantitative estimate of drug-likeness (QED) is 0.518. The molecule has 1 aliphatic carbocycles. The molecule has 2 atom stereocenters. The Balaban J connectivity index is 2.37. The summed E-state index contributed by atoms with van der Waals surface area (Å²) >= 11 is 0. The van der Waals surface area contributed by atoms with Gasteiger partial charge < -0.3 is 16.8 Å². The van der Waals surface area contributed by atoms with Crippen LogP contribution in [0.1, 0.15) is 19.3 Å². The lowest BCUT2D eigenvalue weighted by atomic mass is 10.0. The van der Waals surface area contributed by atoms with Crippen LogP contribution in [0.4, 0.5) is 4.79 Å². The topological polar surface area (TPSA) is 81.1 Å². The molecule has 1 rings (SSSR count). The highest BCUT2D eigenvalue weighted by Crippen LogP contribution is 2.24. The minimum absolute atomic E-state index is 0.220. The Hall–Kier alpha value is -0.770. The third-order valence-electron chi connectivity index (χ3n) is 2.29. The smallest absolute Gasteiger partial charge is 0.312 e. The zero-order valence-electron chi connectivity index (χ0n) is 6.55. The maximum absolute atomic E-state index is 10.5. The Labute approximate surface area is 66.3 Å². The van der Waals surface area contributed by atoms with Crippen molar-refractivity contribution in [2.24, 2.45) is 17.4 Å². The maximum atomic E-state index is 10.5. The molecule has 0 aliphatic heterocycles. The molecule has 1 aliphatic rings. The maximum Gasteiger partial charge on any atom is 0.312 e. The average molecular weight is 157 g/mol. The standard InChI is InChI=1S/C7H15N3O/c8-4-5-2-1-3-6(5)10-7(9)11/h5-6H,1-4,8H2,(H3,9,10,11)/t5-,6-/m1/s1. The number of amides is 2. The molecule has 4 heteroatoms. The van der Waals surface area contributed by atoms with E-state index in [-0.39, 0.29) is 6.04 Å². The van der Waals surface area contributed by atoms with Crippen molar-refractivity contribution in [1.29, 1.82) is 0 Å². The normalized spacial score (nSPS) is 30.3. The molecule has 4 nitrogen and oxygen atoms in total. The minimum atomic E-state index is -0.435. The van der Waals surface area contributed by atoms with E-state index in [0.717, 1.165) is 19.3 Å². The van der Waals surface area contributed by atoms with Gasteiger partial charge in [-0.05, 0) is 25.3 Å². The summed E-state index contributed by atoms with van der Waals surface area (Å²) in [6.45, 7) is 0.644. The van der Waals surface area contributed by atoms with E-state index in [1.165, 1.54) is 0 Å². The summed E-state index contributed by atoms with van der Waals surface area (Å²) in [5.74, 6) is 0.433. The SMILES string of the molecule is NC[C@H]1CCC[C@H]1NC(N)=O. The van der Waals surface area contributed by atoms with E-state index >= 15 is 0 Å². The molecule has 0 radical (unpaired) electrons. The number of carbonyl (C=O) groups is 1. The molecule has 0 bridgehead atoms. The van der Waals surface area contributed by atoms with E-state index in [1.807, 2.05) is 0 Å². The third-order valence-corrected chi connectivity index (χ3v) is 2.29. The van der Waals surface area contributed by atoms with E-state index in [2.05, 4.69) is 5.32 Å². The number of rotatable bonds is 2. The zero-order valence-corrected chi connectivity index (χ0v) is 6.55. The van der Waals surface area contributed by atoms with Gasteiger partial charge in [0.1, 0.15) is 0 Å². The Morgan fingerprint density at radius 3 is 2.82 bits per heavy atom. The largest absolute Gasteiger partial charge is 0.352 e. The van der Waals surface area contributed by atoms with Crippen LogP contribution in [-0.2, 0) is 0 Å². The molecule has 0 saturated heterocycles. The molecular formula is C7H15N3O. The molecule has 1 saturated carbocycles. The zero-order chi connectivity index (χ0) is 8.27. The fourth-order valence-electron chi connectivity index (χ4n) is 1.69. The van der Waals surface area contributed by atoms with Crippen LogP contribution in [-0.4, -0.2) is 18.6 Å². The van der Waals surface area contributed by atoms with Crippen LogP contribution in [0.2, 0.25) is 0 Å². The summed E-state index contributed by atoms with van der Waals surface area (Å²) in [6, 6.07) is -0.215. The fraction of sp³-hybridized carbons (Fsp3) is 0.857. The van der Waals surface area contributed by atoms with Gasteiger partial charge in [-0.2, -0.15) is 0 Å². The average Bonchev–Trinajstić information content (AvgIpc) is 2.34. The van der Waals surface area contributed by atoms with E-state index in [4.69, 9.17) is 11.5 Å². The van der Waals surface area contributed by atoms with Crippen molar-refractivity contribution in [3.8, 4) is 0 Å². The number of hydrogen-bond acceptors (Lipinski definition) is 2. The number of urea groups is 1. The van der Waals surface area contributed by atoms with Crippen molar-refractivity contribution >= 4 is 6.03 Å². The second-order valence-electron chi connectivity index (χ2n) is 3.04. The molecule has 0 spiro atoms. The first-order valence-corrected chi connectivity index (χ1v) is 4.00. The summed E-state index contributed by atoms with van der Waals surface area (Å²) < 4.78 is 0. The second kappa shape index (κ2) is 3.57. The molecule has 0 heterocycles. The number of nitrogens with two attached hydrogens (primary N) is 2. The van der Waals surface area contributed by atoms with Crippen LogP contribution >= 0.6 is 0 Å². The minimum Gasteiger partial charge on any atom is -0.352 e. The predicted octanol–water partition coefficient (Wildman–Crippen LogP) is -0.218. The molecule has 64 valence electrons. The highest BCUT2D eigenvalue weighted by Gasteiger charge is 2.26. The Kier molecular flexibility index (Phi) is 2.70. The highest BCUT2D eigenvalue weighted by molar-refractivity contribution is 5.72. The van der Waals surface area contributed by atoms with Gasteiger partial charge in [0.2, 0.25) is 0 Å². The van der Waals surface area contributed by atoms with Crippen LogP contribution in [0.25, 0.3) is 0 Å². The number of nitrogens with one attached hydrogen (secondary N) is 1. The van der Waals surface area contributed by atoms with Gasteiger partial charge >= 0.3 is 6.03 Å². The summed E-state index contributed by atoms with van der Waals surface area (Å²) in [6.07, 6.45) is 3.28. The first kappa shape index (κ1) is 8.33. The third kappa shape index (κ3) is 2.08. The molecule has 2 amide bonds. The Bertz CT molecular complexity index is 149. The van der Waals surface area contributed by atoms with Crippen molar-refractivity contribution < 1.29 is 4.79 Å². The van der Waals surface area contributed by atoms with Gasteiger partial charge in [-0.15, -0.1) is 0 Å². The van der Waals surface area contributed by atoms with Crippen LogP contribution < -0.4 is 16.8 Å². The van der Waals surface area contributed by atoms with Crippen LogP contribution in [0.5, 0.6) is 0 Å². The van der Waals surface area contributed by atoms with Gasteiger partial charge in [0.05, 0.1) is 0 Å². The van der Waals surface area contributed by atoms with Gasteiger partial charge in [0.25, 0.3) is 0 Å². The monoisotopic (exact) mass is 157 g/mol. The molecule has 0 aromatic heterocycles. The summed E-state index contributed by atoms with van der Waals surface area (Å²) in [5.41, 5.74) is 10.5. The fourth-order valence-corrected chi connectivity index (χ4v) is 1.69. The number of primary amides is 1. The lowest BCUT2D eigenvalue weighted by Crippen LogP contribution is -2.42. The van der Waals surface area contributed by atoms with E-state index in [1.54, 1.807) is 0 Å². The van der Waals surface area contributed by atoms with Crippen molar-refractivity contribution in [3.63, 3.8) is 0 Å². The Morgan fingerprint density at radius 2 is 2.27 bits per heavy atom. The van der Waals surface area contributed by atoms with Gasteiger partial charge in [0, 0.05) is 6.04 Å². The molecule has 0 aromatic carbocycles. The lowest BCUT2D eigenvalue weighted by Gasteiger charge is -2.17. The summed E-state index contributed by atoms with van der Waals surface area (Å²) in [5, 5.41) is 2.70. The number of carbonyl (C=O) groups excluding carboxylic acids is 1. The molecule has 5 N–H and O–H groups in total. The van der Waals surface area contributed by atoms with E-state index < -0.39 is 6.03 Å². The summed E-state index contributed by atoms with van der Waals surface area (Å²) in [4.78, 5) is 10.5. The predicted molar refractivity (Wildman–Crippen MR) is 42.9 cm³/mol. The van der Waals surface area contributed by atoms with E-state index in [0.29, 0.717) is 12.5 Å². The van der Waals surface area contributed by atoms with Crippen molar-refractivity contribution in [2.75, 3.05) is 6.54 Å². The van der Waals surface area contributed by atoms with Crippen molar-refractivity contribution in [1.82, 2.24) is 5.32 Å². The van der Waals surface area contributed by atoms with Crippen molar-refractivity contribution in [3.05, 3.63) is 0 Å². The Morgan fingerprint density at radius 1 is 1.55 bits per heavy atom. The second-order valence-corrected chi connectivity index (χ2v) is 3.04.